The van der Waals surface area contributed by atoms with Gasteiger partial charge < -0.3 is 10.6 Å². The van der Waals surface area contributed by atoms with E-state index < -0.39 is 0 Å². The first-order valence-corrected chi connectivity index (χ1v) is 7.28. The molecule has 9 heteroatoms. The molecule has 2 heterocycles. The third-order valence-electron chi connectivity index (χ3n) is 3.28. The lowest BCUT2D eigenvalue weighted by atomic mass is 10.3. The van der Waals surface area contributed by atoms with Crippen LogP contribution in [-0.4, -0.2) is 43.6 Å². The molecule has 1 saturated carbocycles. The van der Waals surface area contributed by atoms with Crippen LogP contribution < -0.4 is 5.73 Å². The maximum atomic E-state index is 12.3. The lowest BCUT2D eigenvalue weighted by Crippen LogP contribution is -2.27. The fourth-order valence-electron chi connectivity index (χ4n) is 1.97. The predicted octanol–water partition coefficient (Wildman–Crippen LogP) is 1.40. The number of nitrogens with two attached hydrogens (primary N) is 1. The van der Waals surface area contributed by atoms with Gasteiger partial charge in [-0.1, -0.05) is 11.3 Å². The molecular formula is C12H17ClN6OS. The average Bonchev–Trinajstić information content (AvgIpc) is 2.96. The Kier molecular flexibility index (Phi) is 4.60. The Hall–Kier alpha value is -1.51. The van der Waals surface area contributed by atoms with Gasteiger partial charge in [-0.05, 0) is 19.8 Å². The Bertz CT molecular complexity index is 635. The van der Waals surface area contributed by atoms with Crippen LogP contribution >= 0.6 is 23.7 Å². The lowest BCUT2D eigenvalue weighted by molar-refractivity contribution is 0.0789. The summed E-state index contributed by atoms with van der Waals surface area (Å²) < 4.78 is 1.59. The summed E-state index contributed by atoms with van der Waals surface area (Å²) in [5.74, 6) is 0.646. The molecule has 1 atom stereocenters. The first-order chi connectivity index (χ1) is 9.58. The van der Waals surface area contributed by atoms with Gasteiger partial charge in [0.1, 0.15) is 11.2 Å². The number of hydrogen-bond donors (Lipinski definition) is 1. The van der Waals surface area contributed by atoms with E-state index in [1.807, 2.05) is 14.0 Å². The Labute approximate surface area is 132 Å². The van der Waals surface area contributed by atoms with E-state index in [1.54, 1.807) is 15.8 Å². The molecule has 1 amide bonds. The number of amides is 1. The summed E-state index contributed by atoms with van der Waals surface area (Å²) >= 11 is 1.31. The molecule has 0 unspecified atom stereocenters. The summed E-state index contributed by atoms with van der Waals surface area (Å²) in [6.07, 6.45) is 5.21. The van der Waals surface area contributed by atoms with Crippen LogP contribution in [0.3, 0.4) is 0 Å². The van der Waals surface area contributed by atoms with Gasteiger partial charge in [0.25, 0.3) is 5.91 Å². The maximum Gasteiger partial charge on any atom is 0.265 e. The van der Waals surface area contributed by atoms with Crippen molar-refractivity contribution < 1.29 is 4.79 Å². The quantitative estimate of drug-likeness (QED) is 0.916. The van der Waals surface area contributed by atoms with Crippen LogP contribution in [0.4, 0.5) is 0 Å². The first-order valence-electron chi connectivity index (χ1n) is 6.46. The number of nitrogens with zero attached hydrogens (tertiary/aromatic N) is 5. The van der Waals surface area contributed by atoms with E-state index >= 15 is 0 Å². The van der Waals surface area contributed by atoms with E-state index in [4.69, 9.17) is 5.73 Å². The molecule has 2 aromatic rings. The highest BCUT2D eigenvalue weighted by Crippen LogP contribution is 2.28. The van der Waals surface area contributed by atoms with Gasteiger partial charge in [-0.25, -0.2) is 9.97 Å². The SMILES string of the molecule is C[C@H](N)c1ncnn1-c1ncc(C(=O)N(C)C2CC2)s1.Cl. The average molecular weight is 329 g/mol. The van der Waals surface area contributed by atoms with Crippen molar-refractivity contribution in [1.29, 1.82) is 0 Å². The maximum absolute atomic E-state index is 12.3. The van der Waals surface area contributed by atoms with Crippen LogP contribution in [0, 0.1) is 0 Å². The van der Waals surface area contributed by atoms with Gasteiger partial charge in [-0.2, -0.15) is 9.78 Å². The van der Waals surface area contributed by atoms with Crippen LogP contribution in [0.25, 0.3) is 5.13 Å². The fourth-order valence-corrected chi connectivity index (χ4v) is 2.84. The molecule has 0 spiro atoms. The van der Waals surface area contributed by atoms with Crippen molar-refractivity contribution in [2.75, 3.05) is 7.05 Å². The van der Waals surface area contributed by atoms with Gasteiger partial charge in [0.15, 0.2) is 5.82 Å². The minimum absolute atomic E-state index is 0. The molecule has 0 radical (unpaired) electrons. The number of carbonyl (C=O) groups excluding carboxylic acids is 1. The molecule has 0 saturated heterocycles. The number of halogens is 1. The van der Waals surface area contributed by atoms with Gasteiger partial charge in [0.2, 0.25) is 5.13 Å². The van der Waals surface area contributed by atoms with Gasteiger partial charge in [0, 0.05) is 13.1 Å². The molecule has 1 aliphatic rings. The molecule has 2 N–H and O–H groups in total. The van der Waals surface area contributed by atoms with Crippen molar-refractivity contribution in [3.05, 3.63) is 23.2 Å². The number of hydrogen-bond acceptors (Lipinski definition) is 6. The second-order valence-corrected chi connectivity index (χ2v) is 5.98. The minimum Gasteiger partial charge on any atom is -0.338 e. The van der Waals surface area contributed by atoms with E-state index in [2.05, 4.69) is 15.1 Å². The topological polar surface area (TPSA) is 89.9 Å². The molecule has 21 heavy (non-hydrogen) atoms. The zero-order valence-corrected chi connectivity index (χ0v) is 13.4. The second kappa shape index (κ2) is 6.08. The summed E-state index contributed by atoms with van der Waals surface area (Å²) in [5.41, 5.74) is 5.84. The Morgan fingerprint density at radius 2 is 2.24 bits per heavy atom. The zero-order valence-electron chi connectivity index (χ0n) is 11.8. The Morgan fingerprint density at radius 1 is 1.52 bits per heavy atom. The smallest absolute Gasteiger partial charge is 0.265 e. The van der Waals surface area contributed by atoms with Gasteiger partial charge in [-0.3, -0.25) is 4.79 Å². The van der Waals surface area contributed by atoms with Gasteiger partial charge in [-0.15, -0.1) is 12.4 Å². The molecule has 0 aromatic carbocycles. The normalized spacial score (nSPS) is 15.4. The van der Waals surface area contributed by atoms with E-state index in [9.17, 15) is 4.79 Å². The van der Waals surface area contributed by atoms with Gasteiger partial charge >= 0.3 is 0 Å². The third-order valence-corrected chi connectivity index (χ3v) is 4.24. The highest BCUT2D eigenvalue weighted by atomic mass is 35.5. The van der Waals surface area contributed by atoms with Crippen LogP contribution in [0.15, 0.2) is 12.5 Å². The molecular weight excluding hydrogens is 312 g/mol. The van der Waals surface area contributed by atoms with Crippen LogP contribution in [0.1, 0.15) is 41.3 Å². The molecule has 114 valence electrons. The molecule has 0 aliphatic heterocycles. The van der Waals surface area contributed by atoms with Crippen molar-refractivity contribution in [3.8, 4) is 5.13 Å². The van der Waals surface area contributed by atoms with Crippen LogP contribution in [-0.2, 0) is 0 Å². The largest absolute Gasteiger partial charge is 0.338 e. The monoisotopic (exact) mass is 328 g/mol. The summed E-state index contributed by atoms with van der Waals surface area (Å²) in [5, 5.41) is 4.73. The number of rotatable bonds is 4. The lowest BCUT2D eigenvalue weighted by Gasteiger charge is -2.14. The molecule has 2 aromatic heterocycles. The van der Waals surface area contributed by atoms with Crippen LogP contribution in [0.2, 0.25) is 0 Å². The van der Waals surface area contributed by atoms with E-state index in [1.165, 1.54) is 17.7 Å². The van der Waals surface area contributed by atoms with Crippen molar-refractivity contribution in [1.82, 2.24) is 24.6 Å². The van der Waals surface area contributed by atoms with E-state index in [0.717, 1.165) is 12.8 Å². The number of thiazole rings is 1. The van der Waals surface area contributed by atoms with Crippen molar-refractivity contribution in [2.24, 2.45) is 5.73 Å². The number of aromatic nitrogens is 4. The predicted molar refractivity (Wildman–Crippen MR) is 82.0 cm³/mol. The highest BCUT2D eigenvalue weighted by Gasteiger charge is 2.31. The summed E-state index contributed by atoms with van der Waals surface area (Å²) in [6, 6.07) is 0.147. The van der Waals surface area contributed by atoms with Crippen molar-refractivity contribution >= 4 is 29.7 Å². The fraction of sp³-hybridized carbons (Fsp3) is 0.500. The van der Waals surface area contributed by atoms with E-state index in [0.29, 0.717) is 21.9 Å². The van der Waals surface area contributed by atoms with Gasteiger partial charge in [0.05, 0.1) is 12.2 Å². The van der Waals surface area contributed by atoms with E-state index in [-0.39, 0.29) is 24.4 Å². The molecule has 3 rings (SSSR count). The first kappa shape index (κ1) is 15.9. The summed E-state index contributed by atoms with van der Waals surface area (Å²) in [4.78, 5) is 23.0. The number of carbonyl (C=O) groups is 1. The minimum atomic E-state index is -0.241. The molecule has 7 nitrogen and oxygen atoms in total. The Morgan fingerprint density at radius 3 is 2.86 bits per heavy atom. The second-order valence-electron chi connectivity index (χ2n) is 4.97. The van der Waals surface area contributed by atoms with Crippen molar-refractivity contribution in [2.45, 2.75) is 31.8 Å². The standard InChI is InChI=1S/C12H16N6OS.ClH/c1-7(13)10-15-6-16-18(10)12-14-5-9(20-12)11(19)17(2)8-3-4-8;/h5-8H,3-4,13H2,1-2H3;1H/t7-;/m0./s1. The molecule has 1 aliphatic carbocycles. The molecule has 0 bridgehead atoms. The molecule has 1 fully saturated rings. The zero-order chi connectivity index (χ0) is 14.3. The summed E-state index contributed by atoms with van der Waals surface area (Å²) in [7, 11) is 1.84. The third kappa shape index (κ3) is 3.07. The summed E-state index contributed by atoms with van der Waals surface area (Å²) in [6.45, 7) is 1.83. The Balaban J connectivity index is 0.00000161. The van der Waals surface area contributed by atoms with Crippen LogP contribution in [0.5, 0.6) is 0 Å². The highest BCUT2D eigenvalue weighted by molar-refractivity contribution is 7.16. The van der Waals surface area contributed by atoms with Crippen molar-refractivity contribution in [3.63, 3.8) is 0 Å².